The second kappa shape index (κ2) is 10.8. The van der Waals surface area contributed by atoms with Gasteiger partial charge in [-0.3, -0.25) is 0 Å². The molecule has 1 aliphatic rings. The van der Waals surface area contributed by atoms with Gasteiger partial charge in [0, 0.05) is 11.5 Å². The quantitative estimate of drug-likeness (QED) is 0.225. The first-order chi connectivity index (χ1) is 15.7. The molecule has 1 fully saturated rings. The summed E-state index contributed by atoms with van der Waals surface area (Å²) in [5, 5.41) is 9.05. The van der Waals surface area contributed by atoms with Crippen LogP contribution in [0.5, 0.6) is 17.2 Å². The van der Waals surface area contributed by atoms with Gasteiger partial charge in [0.05, 0.1) is 7.11 Å². The van der Waals surface area contributed by atoms with E-state index < -0.39 is 17.5 Å². The number of carbonyl (C=O) groups is 2. The van der Waals surface area contributed by atoms with Crippen LogP contribution >= 0.6 is 11.6 Å². The van der Waals surface area contributed by atoms with Crippen LogP contribution in [0.1, 0.15) is 56.6 Å². The van der Waals surface area contributed by atoms with Crippen molar-refractivity contribution in [2.45, 2.75) is 56.4 Å². The summed E-state index contributed by atoms with van der Waals surface area (Å²) in [4.78, 5) is 23.5. The van der Waals surface area contributed by atoms with Crippen molar-refractivity contribution in [3.05, 3.63) is 59.7 Å². The standard InChI is InChI=1S/C26H29ClO6/c1-26(2,33-21-12-8-19(9-13-21)18-6-10-20(27)11-7-18)25(30)32-22-14-4-17(5-15-24(28)29)16-23(22)31-3/h4-5,8-9,12-16,18,20H,6-7,10-11H2,1-3H3,(H,28,29)/b15-5+. The Hall–Kier alpha value is -2.99. The van der Waals surface area contributed by atoms with Crippen LogP contribution < -0.4 is 14.2 Å². The van der Waals surface area contributed by atoms with E-state index in [0.717, 1.165) is 31.8 Å². The van der Waals surface area contributed by atoms with E-state index in [1.807, 2.05) is 24.3 Å². The van der Waals surface area contributed by atoms with Crippen LogP contribution in [0, 0.1) is 0 Å². The lowest BCUT2D eigenvalue weighted by atomic mass is 9.84. The molecule has 6 nitrogen and oxygen atoms in total. The van der Waals surface area contributed by atoms with E-state index >= 15 is 0 Å². The maximum absolute atomic E-state index is 12.8. The van der Waals surface area contributed by atoms with Crippen molar-refractivity contribution in [3.8, 4) is 17.2 Å². The highest BCUT2D eigenvalue weighted by molar-refractivity contribution is 6.20. The number of halogens is 1. The van der Waals surface area contributed by atoms with Crippen LogP contribution in [-0.2, 0) is 9.59 Å². The Bertz CT molecular complexity index is 1000. The summed E-state index contributed by atoms with van der Waals surface area (Å²) in [5.74, 6) is -0.0292. The van der Waals surface area contributed by atoms with Gasteiger partial charge in [0.25, 0.3) is 0 Å². The van der Waals surface area contributed by atoms with Gasteiger partial charge in [-0.2, -0.15) is 0 Å². The molecule has 0 aliphatic heterocycles. The summed E-state index contributed by atoms with van der Waals surface area (Å²) >= 11 is 6.21. The molecule has 0 amide bonds. The minimum absolute atomic E-state index is 0.219. The third-order valence-electron chi connectivity index (χ3n) is 5.68. The number of esters is 1. The largest absolute Gasteiger partial charge is 0.493 e. The van der Waals surface area contributed by atoms with Crippen molar-refractivity contribution in [1.82, 2.24) is 0 Å². The van der Waals surface area contributed by atoms with Crippen LogP contribution in [0.4, 0.5) is 0 Å². The van der Waals surface area contributed by atoms with Gasteiger partial charge >= 0.3 is 11.9 Å². The zero-order chi connectivity index (χ0) is 24.0. The fourth-order valence-electron chi connectivity index (χ4n) is 3.79. The molecule has 0 heterocycles. The molecule has 0 bridgehead atoms. The number of carboxylic acid groups (broad SMARTS) is 1. The molecule has 0 spiro atoms. The predicted octanol–water partition coefficient (Wildman–Crippen LogP) is 5.82. The lowest BCUT2D eigenvalue weighted by Gasteiger charge is -2.27. The number of rotatable bonds is 8. The number of alkyl halides is 1. The molecular formula is C26H29ClO6. The highest BCUT2D eigenvalue weighted by Gasteiger charge is 2.33. The molecule has 2 aromatic rings. The van der Waals surface area contributed by atoms with E-state index in [2.05, 4.69) is 0 Å². The molecule has 0 radical (unpaired) electrons. The molecule has 0 saturated heterocycles. The van der Waals surface area contributed by atoms with Gasteiger partial charge in [-0.1, -0.05) is 18.2 Å². The van der Waals surface area contributed by atoms with Crippen molar-refractivity contribution >= 4 is 29.6 Å². The number of carboxylic acids is 1. The fourth-order valence-corrected chi connectivity index (χ4v) is 4.04. The third-order valence-corrected chi connectivity index (χ3v) is 6.12. The molecule has 1 N–H and O–H groups in total. The maximum atomic E-state index is 12.8. The molecule has 176 valence electrons. The van der Waals surface area contributed by atoms with Crippen LogP contribution in [0.25, 0.3) is 6.08 Å². The van der Waals surface area contributed by atoms with Gasteiger partial charge in [0.15, 0.2) is 11.5 Å². The molecule has 0 aromatic heterocycles. The number of hydrogen-bond acceptors (Lipinski definition) is 5. The Morgan fingerprint density at radius 2 is 1.70 bits per heavy atom. The highest BCUT2D eigenvalue weighted by atomic mass is 35.5. The van der Waals surface area contributed by atoms with E-state index in [1.165, 1.54) is 18.7 Å². The van der Waals surface area contributed by atoms with Crippen LogP contribution in [0.2, 0.25) is 0 Å². The van der Waals surface area contributed by atoms with Crippen molar-refractivity contribution in [2.75, 3.05) is 7.11 Å². The minimum Gasteiger partial charge on any atom is -0.493 e. The van der Waals surface area contributed by atoms with E-state index in [4.69, 9.17) is 30.9 Å². The number of aliphatic carboxylic acids is 1. The molecule has 1 aliphatic carbocycles. The van der Waals surface area contributed by atoms with Crippen molar-refractivity contribution < 1.29 is 28.9 Å². The molecule has 0 unspecified atom stereocenters. The molecule has 3 rings (SSSR count). The van der Waals surface area contributed by atoms with Crippen LogP contribution in [0.3, 0.4) is 0 Å². The van der Waals surface area contributed by atoms with E-state index in [-0.39, 0.29) is 11.1 Å². The summed E-state index contributed by atoms with van der Waals surface area (Å²) in [6, 6.07) is 12.6. The summed E-state index contributed by atoms with van der Waals surface area (Å²) in [6.45, 7) is 3.28. The highest BCUT2D eigenvalue weighted by Crippen LogP contribution is 2.36. The molecule has 0 atom stereocenters. The first-order valence-electron chi connectivity index (χ1n) is 10.9. The number of carbonyl (C=O) groups excluding carboxylic acids is 1. The summed E-state index contributed by atoms with van der Waals surface area (Å²) in [6.07, 6.45) is 6.67. The second-order valence-corrected chi connectivity index (χ2v) is 9.22. The molecular weight excluding hydrogens is 444 g/mol. The Labute approximate surface area is 199 Å². The summed E-state index contributed by atoms with van der Waals surface area (Å²) in [7, 11) is 1.44. The Kier molecular flexibility index (Phi) is 8.03. The minimum atomic E-state index is -1.24. The summed E-state index contributed by atoms with van der Waals surface area (Å²) in [5.41, 5.74) is 0.614. The molecule has 7 heteroatoms. The summed E-state index contributed by atoms with van der Waals surface area (Å²) < 4.78 is 16.8. The molecule has 33 heavy (non-hydrogen) atoms. The fraction of sp³-hybridized carbons (Fsp3) is 0.385. The Morgan fingerprint density at radius 3 is 2.30 bits per heavy atom. The molecule has 2 aromatic carbocycles. The maximum Gasteiger partial charge on any atom is 0.355 e. The smallest absolute Gasteiger partial charge is 0.355 e. The lowest BCUT2D eigenvalue weighted by molar-refractivity contribution is -0.149. The number of hydrogen-bond donors (Lipinski definition) is 1. The van der Waals surface area contributed by atoms with Crippen molar-refractivity contribution in [3.63, 3.8) is 0 Å². The van der Waals surface area contributed by atoms with Crippen LogP contribution in [0.15, 0.2) is 48.5 Å². The molecule has 1 saturated carbocycles. The van der Waals surface area contributed by atoms with Crippen LogP contribution in [-0.4, -0.2) is 35.1 Å². The normalized spacial score (nSPS) is 18.7. The second-order valence-electron chi connectivity index (χ2n) is 8.60. The van der Waals surface area contributed by atoms with E-state index in [0.29, 0.717) is 23.0 Å². The topological polar surface area (TPSA) is 82.1 Å². The van der Waals surface area contributed by atoms with E-state index in [1.54, 1.807) is 32.0 Å². The predicted molar refractivity (Wildman–Crippen MR) is 127 cm³/mol. The van der Waals surface area contributed by atoms with Gasteiger partial charge in [-0.05, 0) is 86.9 Å². The van der Waals surface area contributed by atoms with Gasteiger partial charge < -0.3 is 19.3 Å². The van der Waals surface area contributed by atoms with Crippen molar-refractivity contribution in [2.24, 2.45) is 0 Å². The third kappa shape index (κ3) is 6.75. The van der Waals surface area contributed by atoms with Crippen molar-refractivity contribution in [1.29, 1.82) is 0 Å². The average molecular weight is 473 g/mol. The lowest BCUT2D eigenvalue weighted by Crippen LogP contribution is -2.41. The van der Waals surface area contributed by atoms with Gasteiger partial charge in [-0.25, -0.2) is 9.59 Å². The number of ether oxygens (including phenoxy) is 3. The monoisotopic (exact) mass is 472 g/mol. The average Bonchev–Trinajstić information content (AvgIpc) is 2.79. The first kappa shape index (κ1) is 24.6. The Balaban J connectivity index is 1.65. The first-order valence-corrected chi connectivity index (χ1v) is 11.4. The van der Waals surface area contributed by atoms with E-state index in [9.17, 15) is 9.59 Å². The van der Waals surface area contributed by atoms with Gasteiger partial charge in [-0.15, -0.1) is 11.6 Å². The number of methoxy groups -OCH3 is 1. The zero-order valence-corrected chi connectivity index (χ0v) is 19.8. The number of benzene rings is 2. The SMILES string of the molecule is COc1cc(/C=C/C(=O)O)ccc1OC(=O)C(C)(C)Oc1ccc(C2CCC(Cl)CC2)cc1. The Morgan fingerprint density at radius 1 is 1.03 bits per heavy atom. The zero-order valence-electron chi connectivity index (χ0n) is 19.0. The van der Waals surface area contributed by atoms with Gasteiger partial charge in [0.1, 0.15) is 5.75 Å². The van der Waals surface area contributed by atoms with Gasteiger partial charge in [0.2, 0.25) is 5.60 Å².